The van der Waals surface area contributed by atoms with Crippen LogP contribution in [0.3, 0.4) is 0 Å². The van der Waals surface area contributed by atoms with Gasteiger partial charge in [-0.1, -0.05) is 29.8 Å². The molecule has 28 heavy (non-hydrogen) atoms. The van der Waals surface area contributed by atoms with Crippen LogP contribution in [0.5, 0.6) is 5.75 Å². The van der Waals surface area contributed by atoms with Crippen LogP contribution in [0.15, 0.2) is 53.4 Å². The number of carbonyl (C=O) groups excluding carboxylic acids is 1. The summed E-state index contributed by atoms with van der Waals surface area (Å²) in [5, 5.41) is 3.52. The van der Waals surface area contributed by atoms with Gasteiger partial charge in [0.2, 0.25) is 15.9 Å². The quantitative estimate of drug-likeness (QED) is 0.776. The molecule has 1 fully saturated rings. The molecule has 0 aliphatic carbocycles. The fraction of sp³-hybridized carbons (Fsp3) is 0.350. The monoisotopic (exact) mass is 422 g/mol. The molecule has 1 amide bonds. The predicted molar refractivity (Wildman–Crippen MR) is 108 cm³/mol. The summed E-state index contributed by atoms with van der Waals surface area (Å²) in [5.41, 5.74) is 0.858. The maximum atomic E-state index is 12.8. The van der Waals surface area contributed by atoms with Gasteiger partial charge in [-0.3, -0.25) is 4.79 Å². The number of ether oxygens (including phenoxy) is 1. The van der Waals surface area contributed by atoms with E-state index >= 15 is 0 Å². The fourth-order valence-electron chi connectivity index (χ4n) is 3.22. The van der Waals surface area contributed by atoms with E-state index in [0.29, 0.717) is 43.2 Å². The third-order valence-corrected chi connectivity index (χ3v) is 7.21. The summed E-state index contributed by atoms with van der Waals surface area (Å²) in [4.78, 5) is 12.7. The van der Waals surface area contributed by atoms with Crippen LogP contribution < -0.4 is 10.1 Å². The molecule has 0 spiro atoms. The third kappa shape index (κ3) is 4.66. The van der Waals surface area contributed by atoms with E-state index in [4.69, 9.17) is 16.3 Å². The number of piperidine rings is 1. The van der Waals surface area contributed by atoms with Gasteiger partial charge in [0.25, 0.3) is 0 Å². The van der Waals surface area contributed by atoms with E-state index in [2.05, 4.69) is 5.32 Å². The molecule has 1 N–H and O–H groups in total. The van der Waals surface area contributed by atoms with Crippen LogP contribution in [-0.4, -0.2) is 38.8 Å². The zero-order chi connectivity index (χ0) is 20.1. The summed E-state index contributed by atoms with van der Waals surface area (Å²) < 4.78 is 32.1. The first kappa shape index (κ1) is 20.6. The number of hydrogen-bond donors (Lipinski definition) is 1. The van der Waals surface area contributed by atoms with Crippen LogP contribution in [0.2, 0.25) is 5.02 Å². The number of amides is 1. The zero-order valence-corrected chi connectivity index (χ0v) is 17.2. The number of benzene rings is 2. The molecule has 0 saturated carbocycles. The number of nitrogens with one attached hydrogen (secondary N) is 1. The lowest BCUT2D eigenvalue weighted by atomic mass is 9.97. The number of halogens is 1. The molecule has 3 rings (SSSR count). The normalized spacial score (nSPS) is 15.9. The minimum atomic E-state index is -3.57. The van der Waals surface area contributed by atoms with Crippen molar-refractivity contribution in [2.45, 2.75) is 24.3 Å². The first-order chi connectivity index (χ1) is 13.4. The molecule has 1 aliphatic rings. The van der Waals surface area contributed by atoms with Crippen LogP contribution in [0.25, 0.3) is 0 Å². The van der Waals surface area contributed by atoms with Gasteiger partial charge in [0, 0.05) is 30.6 Å². The van der Waals surface area contributed by atoms with Gasteiger partial charge in [0.05, 0.1) is 12.0 Å². The van der Waals surface area contributed by atoms with E-state index in [0.717, 1.165) is 5.56 Å². The molecule has 150 valence electrons. The number of carbonyl (C=O) groups is 1. The Labute approximate surface area is 170 Å². The molecule has 2 aromatic carbocycles. The van der Waals surface area contributed by atoms with Gasteiger partial charge >= 0.3 is 0 Å². The lowest BCUT2D eigenvalue weighted by Gasteiger charge is -2.30. The van der Waals surface area contributed by atoms with Crippen molar-refractivity contribution < 1.29 is 17.9 Å². The summed E-state index contributed by atoms with van der Waals surface area (Å²) in [6.45, 7) is 1.000. The first-order valence-corrected chi connectivity index (χ1v) is 10.9. The lowest BCUT2D eigenvalue weighted by Crippen LogP contribution is -2.42. The van der Waals surface area contributed by atoms with Crippen molar-refractivity contribution in [2.24, 2.45) is 5.92 Å². The standard InChI is InChI=1S/C20H23ClN2O4S/c1-27-17-6-8-18(9-7-17)28(25,26)23-12-10-15(11-13-23)20(24)22-14-16-4-2-3-5-19(16)21/h2-9,15H,10-14H2,1H3,(H,22,24). The number of sulfonamides is 1. The van der Waals surface area contributed by atoms with Crippen molar-refractivity contribution in [1.29, 1.82) is 0 Å². The van der Waals surface area contributed by atoms with Crippen LogP contribution >= 0.6 is 11.6 Å². The number of hydrogen-bond acceptors (Lipinski definition) is 4. The fourth-order valence-corrected chi connectivity index (χ4v) is 4.90. The van der Waals surface area contributed by atoms with Crippen LogP contribution in [-0.2, 0) is 21.4 Å². The summed E-state index contributed by atoms with van der Waals surface area (Å²) in [6.07, 6.45) is 0.980. The second-order valence-corrected chi connectivity index (χ2v) is 9.01. The topological polar surface area (TPSA) is 75.7 Å². The average Bonchev–Trinajstić information content (AvgIpc) is 2.73. The van der Waals surface area contributed by atoms with Gasteiger partial charge < -0.3 is 10.1 Å². The van der Waals surface area contributed by atoms with Crippen molar-refractivity contribution in [3.8, 4) is 5.75 Å². The van der Waals surface area contributed by atoms with Crippen molar-refractivity contribution >= 4 is 27.5 Å². The Morgan fingerprint density at radius 3 is 2.39 bits per heavy atom. The minimum Gasteiger partial charge on any atom is -0.497 e. The van der Waals surface area contributed by atoms with Crippen molar-refractivity contribution in [3.63, 3.8) is 0 Å². The molecule has 0 bridgehead atoms. The van der Waals surface area contributed by atoms with E-state index in [1.165, 1.54) is 23.5 Å². The van der Waals surface area contributed by atoms with Crippen molar-refractivity contribution in [1.82, 2.24) is 9.62 Å². The van der Waals surface area contributed by atoms with Gasteiger partial charge in [0.1, 0.15) is 5.75 Å². The van der Waals surface area contributed by atoms with Crippen LogP contribution in [0, 0.1) is 5.92 Å². The molecule has 2 aromatic rings. The van der Waals surface area contributed by atoms with Crippen LogP contribution in [0.4, 0.5) is 0 Å². The SMILES string of the molecule is COc1ccc(S(=O)(=O)N2CCC(C(=O)NCc3ccccc3Cl)CC2)cc1. The van der Waals surface area contributed by atoms with Gasteiger partial charge in [-0.05, 0) is 48.7 Å². The Bertz CT molecular complexity index is 923. The van der Waals surface area contributed by atoms with E-state index in [9.17, 15) is 13.2 Å². The molecule has 0 aromatic heterocycles. The Kier molecular flexibility index (Phi) is 6.59. The highest BCUT2D eigenvalue weighted by molar-refractivity contribution is 7.89. The second-order valence-electron chi connectivity index (χ2n) is 6.66. The molecule has 1 saturated heterocycles. The molecule has 0 unspecified atom stereocenters. The molecule has 0 radical (unpaired) electrons. The predicted octanol–water partition coefficient (Wildman–Crippen LogP) is 3.07. The molecular weight excluding hydrogens is 400 g/mol. The highest BCUT2D eigenvalue weighted by atomic mass is 35.5. The average molecular weight is 423 g/mol. The summed E-state index contributed by atoms with van der Waals surface area (Å²) in [6, 6.07) is 13.7. The van der Waals surface area contributed by atoms with Gasteiger partial charge in [0.15, 0.2) is 0 Å². The smallest absolute Gasteiger partial charge is 0.243 e. The van der Waals surface area contributed by atoms with Gasteiger partial charge in [-0.2, -0.15) is 4.31 Å². The van der Waals surface area contributed by atoms with E-state index in [-0.39, 0.29) is 16.7 Å². The minimum absolute atomic E-state index is 0.0681. The Balaban J connectivity index is 1.55. The number of rotatable bonds is 6. The Hall–Kier alpha value is -2.09. The molecule has 8 heteroatoms. The summed E-state index contributed by atoms with van der Waals surface area (Å²) in [7, 11) is -2.04. The summed E-state index contributed by atoms with van der Waals surface area (Å²) in [5.74, 6) is 0.332. The maximum Gasteiger partial charge on any atom is 0.243 e. The summed E-state index contributed by atoms with van der Waals surface area (Å²) >= 11 is 6.11. The second kappa shape index (κ2) is 8.94. The first-order valence-electron chi connectivity index (χ1n) is 9.07. The van der Waals surface area contributed by atoms with Gasteiger partial charge in [-0.25, -0.2) is 8.42 Å². The zero-order valence-electron chi connectivity index (χ0n) is 15.6. The van der Waals surface area contributed by atoms with Crippen LogP contribution in [0.1, 0.15) is 18.4 Å². The molecule has 6 nitrogen and oxygen atoms in total. The van der Waals surface area contributed by atoms with E-state index in [1.807, 2.05) is 18.2 Å². The van der Waals surface area contributed by atoms with Crippen molar-refractivity contribution in [2.75, 3.05) is 20.2 Å². The highest BCUT2D eigenvalue weighted by Gasteiger charge is 2.32. The Morgan fingerprint density at radius 1 is 1.14 bits per heavy atom. The van der Waals surface area contributed by atoms with E-state index < -0.39 is 10.0 Å². The number of methoxy groups -OCH3 is 1. The maximum absolute atomic E-state index is 12.8. The molecule has 0 atom stereocenters. The van der Waals surface area contributed by atoms with E-state index in [1.54, 1.807) is 18.2 Å². The molecule has 1 heterocycles. The third-order valence-electron chi connectivity index (χ3n) is 4.93. The van der Waals surface area contributed by atoms with Crippen molar-refractivity contribution in [3.05, 3.63) is 59.1 Å². The van der Waals surface area contributed by atoms with Gasteiger partial charge in [-0.15, -0.1) is 0 Å². The lowest BCUT2D eigenvalue weighted by molar-refractivity contribution is -0.126. The number of nitrogens with zero attached hydrogens (tertiary/aromatic N) is 1. The largest absolute Gasteiger partial charge is 0.497 e. The highest BCUT2D eigenvalue weighted by Crippen LogP contribution is 2.25. The molecular formula is C20H23ClN2O4S. The molecule has 1 aliphatic heterocycles. The Morgan fingerprint density at radius 2 is 1.79 bits per heavy atom.